The monoisotopic (exact) mass is 602 g/mol. The van der Waals surface area contributed by atoms with Gasteiger partial charge in [-0.1, -0.05) is 11.6 Å². The second-order valence-corrected chi connectivity index (χ2v) is 12.6. The average molecular weight is 603 g/mol. The van der Waals surface area contributed by atoms with Gasteiger partial charge in [0, 0.05) is 47.2 Å². The number of sulfonamides is 1. The average Bonchev–Trinajstić information content (AvgIpc) is 3.46. The Morgan fingerprint density at radius 3 is 2.56 bits per heavy atom. The number of piperidine rings is 1. The third kappa shape index (κ3) is 5.64. The van der Waals surface area contributed by atoms with Gasteiger partial charge in [-0.05, 0) is 67.6 Å². The lowest BCUT2D eigenvalue weighted by atomic mass is 9.89. The summed E-state index contributed by atoms with van der Waals surface area (Å²) in [5, 5.41) is 18.8. The van der Waals surface area contributed by atoms with Crippen LogP contribution in [0.1, 0.15) is 47.7 Å². The van der Waals surface area contributed by atoms with Crippen LogP contribution in [-0.4, -0.2) is 61.0 Å². The van der Waals surface area contributed by atoms with Crippen molar-refractivity contribution in [2.45, 2.75) is 37.8 Å². The Labute approximate surface area is 241 Å². The Balaban J connectivity index is 1.46. The molecule has 0 bridgehead atoms. The van der Waals surface area contributed by atoms with Crippen LogP contribution in [0.15, 0.2) is 48.3 Å². The minimum Gasteiger partial charge on any atom is -0.387 e. The van der Waals surface area contributed by atoms with Crippen LogP contribution >= 0.6 is 11.6 Å². The number of hydrogen-bond donors (Lipinski definition) is 4. The molecule has 2 aliphatic rings. The summed E-state index contributed by atoms with van der Waals surface area (Å²) >= 11 is 6.46. The first kappa shape index (κ1) is 28.9. The Hall–Kier alpha value is -3.61. The molecule has 216 valence electrons. The van der Waals surface area contributed by atoms with E-state index in [9.17, 15) is 17.6 Å². The molecule has 13 heteroatoms. The quantitative estimate of drug-likeness (QED) is 0.318. The Morgan fingerprint density at radius 1 is 1.22 bits per heavy atom. The highest BCUT2D eigenvalue weighted by Crippen LogP contribution is 2.47. The highest BCUT2D eigenvalue weighted by atomic mass is 35.5. The number of carbonyl (C=O) groups is 1. The van der Waals surface area contributed by atoms with Crippen LogP contribution in [-0.2, 0) is 15.6 Å². The molecule has 1 saturated heterocycles. The van der Waals surface area contributed by atoms with Crippen LogP contribution in [0.2, 0.25) is 5.02 Å². The first-order valence-electron chi connectivity index (χ1n) is 12.9. The summed E-state index contributed by atoms with van der Waals surface area (Å²) in [6, 6.07) is 6.45. The van der Waals surface area contributed by atoms with Crippen LogP contribution in [0.4, 0.5) is 8.78 Å². The van der Waals surface area contributed by atoms with Crippen molar-refractivity contribution in [3.05, 3.63) is 81.6 Å². The number of aromatic amines is 1. The van der Waals surface area contributed by atoms with Gasteiger partial charge in [0.05, 0.1) is 35.3 Å². The van der Waals surface area contributed by atoms with Crippen molar-refractivity contribution in [2.75, 3.05) is 19.8 Å². The maximum absolute atomic E-state index is 15.4. The van der Waals surface area contributed by atoms with Crippen LogP contribution < -0.4 is 10.0 Å². The Kier molecular flexibility index (Phi) is 7.51. The molecule has 41 heavy (non-hydrogen) atoms. The summed E-state index contributed by atoms with van der Waals surface area (Å²) in [5.74, 6) is -2.35. The number of benzene rings is 2. The van der Waals surface area contributed by atoms with Crippen LogP contribution in [0.5, 0.6) is 0 Å². The summed E-state index contributed by atoms with van der Waals surface area (Å²) in [6.07, 6.45) is 5.40. The van der Waals surface area contributed by atoms with Gasteiger partial charge in [0.25, 0.3) is 5.91 Å². The highest BCUT2D eigenvalue weighted by molar-refractivity contribution is 7.88. The summed E-state index contributed by atoms with van der Waals surface area (Å²) < 4.78 is 56.6. The molecule has 1 aliphatic carbocycles. The van der Waals surface area contributed by atoms with E-state index in [2.05, 4.69) is 20.2 Å². The predicted molar refractivity (Wildman–Crippen MR) is 153 cm³/mol. The Morgan fingerprint density at radius 2 is 1.95 bits per heavy atom. The van der Waals surface area contributed by atoms with E-state index in [0.29, 0.717) is 40.3 Å². The number of rotatable bonds is 7. The fourth-order valence-corrected chi connectivity index (χ4v) is 6.69. The zero-order chi connectivity index (χ0) is 29.7. The first-order chi connectivity index (χ1) is 19.3. The van der Waals surface area contributed by atoms with Gasteiger partial charge >= 0.3 is 0 Å². The molecule has 1 aromatic heterocycles. The largest absolute Gasteiger partial charge is 0.387 e. The van der Waals surface area contributed by atoms with Gasteiger partial charge in [-0.15, -0.1) is 0 Å². The van der Waals surface area contributed by atoms with Gasteiger partial charge in [-0.2, -0.15) is 5.10 Å². The van der Waals surface area contributed by atoms with E-state index in [0.717, 1.165) is 24.0 Å². The van der Waals surface area contributed by atoms with Gasteiger partial charge in [0.1, 0.15) is 11.6 Å². The number of hydrogen-bond acceptors (Lipinski definition) is 6. The number of likely N-dealkylation sites (tertiary alicyclic amines) is 1. The van der Waals surface area contributed by atoms with Gasteiger partial charge in [0.2, 0.25) is 10.0 Å². The van der Waals surface area contributed by atoms with Crippen molar-refractivity contribution < 1.29 is 22.0 Å². The lowest BCUT2D eigenvalue weighted by Gasteiger charge is -2.36. The molecular formula is C28H29ClF2N6O3S. The van der Waals surface area contributed by atoms with Crippen molar-refractivity contribution in [3.8, 4) is 11.1 Å². The normalized spacial score (nSPS) is 19.7. The minimum absolute atomic E-state index is 0.0875. The second kappa shape index (κ2) is 10.7. The van der Waals surface area contributed by atoms with Crippen molar-refractivity contribution in [2.24, 2.45) is 0 Å². The van der Waals surface area contributed by atoms with E-state index < -0.39 is 44.7 Å². The fraction of sp³-hybridized carbons (Fsp3) is 0.321. The number of halogens is 3. The van der Waals surface area contributed by atoms with Crippen LogP contribution in [0.25, 0.3) is 16.8 Å². The van der Waals surface area contributed by atoms with E-state index >= 15 is 4.39 Å². The summed E-state index contributed by atoms with van der Waals surface area (Å²) in [6.45, 7) is 1.83. The molecule has 0 radical (unpaired) electrons. The summed E-state index contributed by atoms with van der Waals surface area (Å²) in [4.78, 5) is 14.8. The van der Waals surface area contributed by atoms with E-state index in [1.165, 1.54) is 17.3 Å². The molecule has 2 fully saturated rings. The van der Waals surface area contributed by atoms with Gasteiger partial charge in [0.15, 0.2) is 0 Å². The zero-order valence-electron chi connectivity index (χ0n) is 22.6. The number of nitrogens with zero attached hydrogens (tertiary/aromatic N) is 2. The van der Waals surface area contributed by atoms with Crippen molar-refractivity contribution in [3.63, 3.8) is 0 Å². The third-order valence-electron chi connectivity index (χ3n) is 7.57. The third-order valence-corrected chi connectivity index (χ3v) is 8.55. The maximum Gasteiger partial charge on any atom is 0.257 e. The molecule has 9 nitrogen and oxygen atoms in total. The zero-order valence-corrected chi connectivity index (χ0v) is 24.2. The molecule has 2 aromatic carbocycles. The molecule has 2 heterocycles. The number of amides is 1. The van der Waals surface area contributed by atoms with E-state index in [1.54, 1.807) is 26.1 Å². The number of H-pyrrole nitrogens is 1. The smallest absolute Gasteiger partial charge is 0.257 e. The molecule has 4 N–H and O–H groups in total. The molecular weight excluding hydrogens is 574 g/mol. The predicted octanol–water partition coefficient (Wildman–Crippen LogP) is 4.43. The number of aromatic nitrogens is 2. The van der Waals surface area contributed by atoms with Crippen LogP contribution in [0.3, 0.4) is 0 Å². The minimum atomic E-state index is -3.46. The number of nitrogens with one attached hydrogen (secondary N) is 4. The Bertz CT molecular complexity index is 1690. The van der Waals surface area contributed by atoms with E-state index in [-0.39, 0.29) is 24.2 Å². The van der Waals surface area contributed by atoms with Crippen molar-refractivity contribution in [1.29, 1.82) is 5.41 Å². The fourth-order valence-electron chi connectivity index (χ4n) is 5.42. The second-order valence-electron chi connectivity index (χ2n) is 10.4. The van der Waals surface area contributed by atoms with Gasteiger partial charge < -0.3 is 15.6 Å². The van der Waals surface area contributed by atoms with Crippen molar-refractivity contribution in [1.82, 2.24) is 25.1 Å². The summed E-state index contributed by atoms with van der Waals surface area (Å²) in [5.41, 5.74) is 1.86. The number of carbonyl (C=O) groups excluding carboxylic acids is 1. The molecule has 0 unspecified atom stereocenters. The highest BCUT2D eigenvalue weighted by Gasteiger charge is 2.47. The van der Waals surface area contributed by atoms with E-state index in [4.69, 9.17) is 17.0 Å². The van der Waals surface area contributed by atoms with Gasteiger partial charge in [-0.25, -0.2) is 21.9 Å². The summed E-state index contributed by atoms with van der Waals surface area (Å²) in [7, 11) is -1.75. The topological polar surface area (TPSA) is 131 Å². The molecule has 1 amide bonds. The molecule has 5 rings (SSSR count). The molecule has 0 spiro atoms. The molecule has 1 saturated carbocycles. The molecule has 3 aromatic rings. The SMILES string of the molecule is CN/C(=C1/CCN(C(=O)c2cc(F)cc(-c3cn[nH]c3)c2F)[C@@H](C)C1=N)c1cc(Cl)cc(C2(NS(C)(=O)=O)CC2)c1. The first-order valence-corrected chi connectivity index (χ1v) is 15.2. The molecule has 1 atom stereocenters. The lowest BCUT2D eigenvalue weighted by Crippen LogP contribution is -2.48. The standard InChI is InChI=1S/C28H29ClF2N6O3S/c1-15-25(32)21(26(33-2)16-8-18(10-19(29)9-16)28(5-6-28)36-41(3,39)40)4-7-37(15)27(38)23-12-20(30)11-22(24(23)31)17-13-34-35-14-17/h8-15,32-33,36H,4-7H2,1-3H3,(H,34,35)/b26-21-,32-25?/t15-/m0/s1. The van der Waals surface area contributed by atoms with Gasteiger partial charge in [-0.3, -0.25) is 9.89 Å². The lowest BCUT2D eigenvalue weighted by molar-refractivity contribution is 0.0723. The molecule has 1 aliphatic heterocycles. The van der Waals surface area contributed by atoms with E-state index in [1.807, 2.05) is 6.07 Å². The maximum atomic E-state index is 15.4. The van der Waals surface area contributed by atoms with Crippen molar-refractivity contribution >= 4 is 38.9 Å². The van der Waals surface area contributed by atoms with Crippen LogP contribution in [0, 0.1) is 17.0 Å².